The van der Waals surface area contributed by atoms with E-state index in [2.05, 4.69) is 16.4 Å². The highest BCUT2D eigenvalue weighted by Crippen LogP contribution is 2.39. The molecule has 0 unspecified atom stereocenters. The normalized spacial score (nSPS) is 18.3. The first-order valence-corrected chi connectivity index (χ1v) is 10.7. The Bertz CT molecular complexity index is 992. The van der Waals surface area contributed by atoms with Gasteiger partial charge in [-0.3, -0.25) is 4.98 Å². The number of aryl methyl sites for hydroxylation is 1. The fraction of sp³-hybridized carbons (Fsp3) is 0.500. The van der Waals surface area contributed by atoms with Gasteiger partial charge >= 0.3 is 13.2 Å². The highest BCUT2D eigenvalue weighted by molar-refractivity contribution is 6.56. The molecule has 0 atom stereocenters. The summed E-state index contributed by atoms with van der Waals surface area (Å²) in [6.07, 6.45) is 3.33. The first-order valence-electron chi connectivity index (χ1n) is 10.7. The summed E-state index contributed by atoms with van der Waals surface area (Å²) in [6.45, 7) is 15.8. The number of hydrogen-bond donors (Lipinski definition) is 1. The molecule has 0 spiro atoms. The summed E-state index contributed by atoms with van der Waals surface area (Å²) in [5, 5.41) is 3.93. The van der Waals surface area contributed by atoms with Crippen LogP contribution < -0.4 is 5.32 Å². The van der Waals surface area contributed by atoms with Crippen LogP contribution in [0.15, 0.2) is 35.9 Å². The molecule has 1 aliphatic rings. The molecular formula is C24H33BN2O4. The largest absolute Gasteiger partial charge is 0.492 e. The van der Waals surface area contributed by atoms with Gasteiger partial charge in [0.05, 0.1) is 16.7 Å². The van der Waals surface area contributed by atoms with Crippen molar-refractivity contribution in [1.82, 2.24) is 10.3 Å². The molecule has 1 amide bonds. The Hall–Kier alpha value is -2.38. The van der Waals surface area contributed by atoms with Crippen molar-refractivity contribution in [3.05, 3.63) is 47.1 Å². The molecule has 0 bridgehead atoms. The molecule has 31 heavy (non-hydrogen) atoms. The van der Waals surface area contributed by atoms with Crippen LogP contribution in [0.4, 0.5) is 4.79 Å². The predicted molar refractivity (Wildman–Crippen MR) is 125 cm³/mol. The van der Waals surface area contributed by atoms with E-state index in [4.69, 9.17) is 14.0 Å². The van der Waals surface area contributed by atoms with Crippen molar-refractivity contribution < 1.29 is 18.8 Å². The first kappa shape index (κ1) is 23.3. The maximum atomic E-state index is 12.3. The quantitative estimate of drug-likeness (QED) is 0.693. The van der Waals surface area contributed by atoms with Gasteiger partial charge in [-0.2, -0.15) is 0 Å². The molecule has 1 fully saturated rings. The summed E-state index contributed by atoms with van der Waals surface area (Å²) >= 11 is 0. The van der Waals surface area contributed by atoms with Gasteiger partial charge in [0, 0.05) is 18.1 Å². The van der Waals surface area contributed by atoms with E-state index < -0.39 is 30.0 Å². The van der Waals surface area contributed by atoms with E-state index in [-0.39, 0.29) is 6.54 Å². The lowest BCUT2D eigenvalue weighted by molar-refractivity contribution is 0.00578. The molecule has 1 aromatic carbocycles. The topological polar surface area (TPSA) is 69.7 Å². The minimum atomic E-state index is -0.584. The molecular weight excluding hydrogens is 391 g/mol. The number of alkyl carbamates (subject to hydrolysis) is 1. The molecule has 0 saturated carbocycles. The maximum absolute atomic E-state index is 12.3. The molecule has 2 heterocycles. The lowest BCUT2D eigenvalue weighted by atomic mass is 9.76. The van der Waals surface area contributed by atoms with Crippen molar-refractivity contribution in [2.45, 2.75) is 72.2 Å². The maximum Gasteiger partial charge on any atom is 0.492 e. The average Bonchev–Trinajstić information content (AvgIpc) is 2.86. The zero-order valence-electron chi connectivity index (χ0n) is 19.8. The zero-order valence-corrected chi connectivity index (χ0v) is 19.8. The van der Waals surface area contributed by atoms with Crippen LogP contribution in [-0.4, -0.2) is 41.5 Å². The van der Waals surface area contributed by atoms with E-state index in [0.29, 0.717) is 0 Å². The SMILES string of the molecule is Cc1c(C=C(CNC(=O)OC(C)(C)C)B2OC(C)(C)C(C)(C)O2)ccc2cccnc12. The third kappa shape index (κ3) is 5.28. The molecule has 0 aliphatic carbocycles. The standard InChI is InChI=1S/C24H33BN2O4/c1-16-18(12-11-17-10-9-13-26-20(16)17)14-19(15-27-21(28)29-22(2,3)4)25-30-23(5,6)24(7,8)31-25/h9-14H,15H2,1-8H3,(H,27,28). The number of carbonyl (C=O) groups excluding carboxylic acids is 1. The van der Waals surface area contributed by atoms with Crippen LogP contribution in [0.1, 0.15) is 59.6 Å². The zero-order chi connectivity index (χ0) is 23.0. The molecule has 1 aliphatic heterocycles. The summed E-state index contributed by atoms with van der Waals surface area (Å²) < 4.78 is 17.9. The van der Waals surface area contributed by atoms with Crippen molar-refractivity contribution >= 4 is 30.2 Å². The summed E-state index contributed by atoms with van der Waals surface area (Å²) in [4.78, 5) is 16.8. The van der Waals surface area contributed by atoms with Crippen molar-refractivity contribution in [3.8, 4) is 0 Å². The van der Waals surface area contributed by atoms with E-state index in [9.17, 15) is 4.79 Å². The molecule has 1 aromatic heterocycles. The second kappa shape index (κ2) is 8.28. The van der Waals surface area contributed by atoms with Crippen LogP contribution in [0.3, 0.4) is 0 Å². The Balaban J connectivity index is 1.94. The van der Waals surface area contributed by atoms with Crippen molar-refractivity contribution in [2.75, 3.05) is 6.54 Å². The van der Waals surface area contributed by atoms with E-state index >= 15 is 0 Å². The minimum absolute atomic E-state index is 0.242. The van der Waals surface area contributed by atoms with E-state index in [1.165, 1.54) is 0 Å². The number of aromatic nitrogens is 1. The Labute approximate surface area is 185 Å². The molecule has 6 nitrogen and oxygen atoms in total. The summed E-state index contributed by atoms with van der Waals surface area (Å²) in [5.74, 6) is 0. The number of carbonyl (C=O) groups is 1. The fourth-order valence-electron chi connectivity index (χ4n) is 3.35. The number of nitrogens with one attached hydrogen (secondary N) is 1. The smallest absolute Gasteiger partial charge is 0.444 e. The Morgan fingerprint density at radius 1 is 1.16 bits per heavy atom. The monoisotopic (exact) mass is 424 g/mol. The van der Waals surface area contributed by atoms with Crippen molar-refractivity contribution in [2.24, 2.45) is 0 Å². The van der Waals surface area contributed by atoms with Crippen LogP contribution in [0, 0.1) is 6.92 Å². The predicted octanol–water partition coefficient (Wildman–Crippen LogP) is 5.08. The van der Waals surface area contributed by atoms with Crippen LogP contribution in [-0.2, 0) is 14.0 Å². The Kier molecular flexibility index (Phi) is 6.22. The lowest BCUT2D eigenvalue weighted by Gasteiger charge is -2.32. The van der Waals surface area contributed by atoms with E-state index in [1.54, 1.807) is 6.20 Å². The van der Waals surface area contributed by atoms with Gasteiger partial charge in [0.25, 0.3) is 0 Å². The molecule has 1 saturated heterocycles. The van der Waals surface area contributed by atoms with Gasteiger partial charge in [-0.1, -0.05) is 24.3 Å². The molecule has 2 aromatic rings. The van der Waals surface area contributed by atoms with E-state index in [0.717, 1.165) is 27.5 Å². The third-order valence-electron chi connectivity index (χ3n) is 5.80. The summed E-state index contributed by atoms with van der Waals surface area (Å²) in [7, 11) is -0.584. The minimum Gasteiger partial charge on any atom is -0.444 e. The molecule has 7 heteroatoms. The number of hydrogen-bond acceptors (Lipinski definition) is 5. The molecule has 3 rings (SSSR count). The second-order valence-electron chi connectivity index (χ2n) is 10.0. The van der Waals surface area contributed by atoms with Gasteiger partial charge < -0.3 is 19.4 Å². The van der Waals surface area contributed by atoms with Gasteiger partial charge in [-0.25, -0.2) is 4.79 Å². The van der Waals surface area contributed by atoms with Crippen molar-refractivity contribution in [3.63, 3.8) is 0 Å². The molecule has 166 valence electrons. The lowest BCUT2D eigenvalue weighted by Crippen LogP contribution is -2.41. The number of ether oxygens (including phenoxy) is 1. The Morgan fingerprint density at radius 2 is 1.81 bits per heavy atom. The van der Waals surface area contributed by atoms with Gasteiger partial charge in [0.1, 0.15) is 5.60 Å². The van der Waals surface area contributed by atoms with Crippen LogP contribution in [0.25, 0.3) is 17.0 Å². The van der Waals surface area contributed by atoms with E-state index in [1.807, 2.05) is 79.7 Å². The van der Waals surface area contributed by atoms with Gasteiger partial charge in [-0.15, -0.1) is 0 Å². The molecule has 0 radical (unpaired) electrons. The number of fused-ring (bicyclic) bond motifs is 1. The summed E-state index contributed by atoms with van der Waals surface area (Å²) in [6, 6.07) is 8.07. The summed E-state index contributed by atoms with van der Waals surface area (Å²) in [5.41, 5.74) is 2.28. The highest BCUT2D eigenvalue weighted by Gasteiger charge is 2.52. The number of nitrogens with zero attached hydrogens (tertiary/aromatic N) is 1. The average molecular weight is 424 g/mol. The van der Waals surface area contributed by atoms with Gasteiger partial charge in [-0.05, 0) is 78.1 Å². The van der Waals surface area contributed by atoms with Gasteiger partial charge in [0.15, 0.2) is 0 Å². The number of pyridine rings is 1. The van der Waals surface area contributed by atoms with Gasteiger partial charge in [0.2, 0.25) is 0 Å². The number of benzene rings is 1. The first-order chi connectivity index (χ1) is 14.3. The number of amides is 1. The van der Waals surface area contributed by atoms with Crippen LogP contribution >= 0.6 is 0 Å². The van der Waals surface area contributed by atoms with Crippen molar-refractivity contribution in [1.29, 1.82) is 0 Å². The highest BCUT2D eigenvalue weighted by atomic mass is 16.7. The second-order valence-corrected chi connectivity index (χ2v) is 10.0. The molecule has 1 N–H and O–H groups in total. The fourth-order valence-corrected chi connectivity index (χ4v) is 3.35. The third-order valence-corrected chi connectivity index (χ3v) is 5.80. The number of rotatable bonds is 4. The van der Waals surface area contributed by atoms with Crippen LogP contribution in [0.2, 0.25) is 0 Å². The Morgan fingerprint density at radius 3 is 2.42 bits per heavy atom. The van der Waals surface area contributed by atoms with Crippen LogP contribution in [0.5, 0.6) is 0 Å².